The lowest BCUT2D eigenvalue weighted by Crippen LogP contribution is -2.37. The van der Waals surface area contributed by atoms with Crippen molar-refractivity contribution in [1.82, 2.24) is 14.9 Å². The predicted octanol–water partition coefficient (Wildman–Crippen LogP) is 5.42. The number of hydrogen-bond donors (Lipinski definition) is 3. The van der Waals surface area contributed by atoms with Gasteiger partial charge in [0.2, 0.25) is 0 Å². The van der Waals surface area contributed by atoms with Crippen molar-refractivity contribution in [3.8, 4) is 17.0 Å². The van der Waals surface area contributed by atoms with Crippen LogP contribution in [0.2, 0.25) is 5.02 Å². The summed E-state index contributed by atoms with van der Waals surface area (Å²) in [4.78, 5) is 17.6. The number of ether oxygens (including phenoxy) is 1. The van der Waals surface area contributed by atoms with Crippen LogP contribution in [-0.4, -0.2) is 44.4 Å². The summed E-state index contributed by atoms with van der Waals surface area (Å²) in [5.74, 6) is 1.03. The minimum Gasteiger partial charge on any atom is -0.489 e. The molecule has 37 heavy (non-hydrogen) atoms. The molecule has 3 aromatic rings. The van der Waals surface area contributed by atoms with Gasteiger partial charge >= 0.3 is 0 Å². The molecular weight excluding hydrogens is 490 g/mol. The van der Waals surface area contributed by atoms with Gasteiger partial charge in [-0.05, 0) is 63.3 Å². The maximum Gasteiger partial charge on any atom is 0.251 e. The molecule has 2 aromatic carbocycles. The van der Waals surface area contributed by atoms with E-state index in [4.69, 9.17) is 21.3 Å². The first-order chi connectivity index (χ1) is 17.6. The van der Waals surface area contributed by atoms with Gasteiger partial charge < -0.3 is 24.8 Å². The van der Waals surface area contributed by atoms with Crippen molar-refractivity contribution < 1.29 is 19.7 Å². The molecule has 0 fully saturated rings. The number of nitrogens with one attached hydrogen (secondary N) is 1. The first kappa shape index (κ1) is 28.7. The molecule has 200 valence electrons. The highest BCUT2D eigenvalue weighted by Gasteiger charge is 2.20. The normalized spacial score (nSPS) is 13.1. The number of hydrogen-bond acceptors (Lipinski definition) is 5. The second-order valence-corrected chi connectivity index (χ2v) is 10.3. The molecule has 3 N–H and O–H groups in total. The van der Waals surface area contributed by atoms with Gasteiger partial charge in [-0.15, -0.1) is 0 Å². The Morgan fingerprint density at radius 3 is 2.41 bits per heavy atom. The fourth-order valence-electron chi connectivity index (χ4n) is 4.09. The molecule has 1 aromatic heterocycles. The van der Waals surface area contributed by atoms with Gasteiger partial charge in [-0.25, -0.2) is 4.98 Å². The number of aliphatic hydroxyl groups excluding tert-OH is 2. The number of amides is 1. The maximum absolute atomic E-state index is 12.9. The van der Waals surface area contributed by atoms with Gasteiger partial charge in [-0.2, -0.15) is 0 Å². The summed E-state index contributed by atoms with van der Waals surface area (Å²) in [7, 11) is 0. The number of carbonyl (C=O) groups is 1. The van der Waals surface area contributed by atoms with Crippen LogP contribution in [0.4, 0.5) is 0 Å². The van der Waals surface area contributed by atoms with Crippen molar-refractivity contribution in [2.24, 2.45) is 5.92 Å². The fraction of sp³-hybridized carbons (Fsp3) is 0.448. The molecule has 1 heterocycles. The molecule has 8 heteroatoms. The Balaban J connectivity index is 1.70. The first-order valence-electron chi connectivity index (χ1n) is 12.8. The molecule has 0 aliphatic heterocycles. The smallest absolute Gasteiger partial charge is 0.251 e. The number of halogens is 1. The van der Waals surface area contributed by atoms with Gasteiger partial charge in [-0.3, -0.25) is 4.79 Å². The zero-order chi connectivity index (χ0) is 27.1. The van der Waals surface area contributed by atoms with E-state index in [1.165, 1.54) is 0 Å². The Morgan fingerprint density at radius 1 is 1.14 bits per heavy atom. The molecule has 2 atom stereocenters. The topological polar surface area (TPSA) is 96.6 Å². The van der Waals surface area contributed by atoms with Crippen LogP contribution in [0, 0.1) is 5.92 Å². The van der Waals surface area contributed by atoms with E-state index in [1.54, 1.807) is 18.2 Å². The molecule has 7 nitrogen and oxygen atoms in total. The van der Waals surface area contributed by atoms with Gasteiger partial charge in [0, 0.05) is 36.5 Å². The molecule has 0 bridgehead atoms. The van der Waals surface area contributed by atoms with E-state index in [0.29, 0.717) is 35.0 Å². The molecule has 0 aliphatic rings. The van der Waals surface area contributed by atoms with Crippen molar-refractivity contribution in [1.29, 1.82) is 0 Å². The summed E-state index contributed by atoms with van der Waals surface area (Å²) in [5, 5.41) is 23.5. The summed E-state index contributed by atoms with van der Waals surface area (Å²) in [6.07, 6.45) is 2.31. The van der Waals surface area contributed by atoms with E-state index in [-0.39, 0.29) is 30.6 Å². The van der Waals surface area contributed by atoms with Gasteiger partial charge in [-0.1, -0.05) is 49.7 Å². The first-order valence-corrected chi connectivity index (χ1v) is 13.2. The summed E-state index contributed by atoms with van der Waals surface area (Å²) < 4.78 is 7.62. The third kappa shape index (κ3) is 7.57. The monoisotopic (exact) mass is 527 g/mol. The third-order valence-electron chi connectivity index (χ3n) is 6.15. The predicted molar refractivity (Wildman–Crippen MR) is 147 cm³/mol. The lowest BCUT2D eigenvalue weighted by atomic mass is 10.0. The van der Waals surface area contributed by atoms with Gasteiger partial charge in [0.25, 0.3) is 5.91 Å². The van der Waals surface area contributed by atoms with Crippen LogP contribution in [0.3, 0.4) is 0 Å². The molecule has 0 spiro atoms. The van der Waals surface area contributed by atoms with E-state index in [9.17, 15) is 15.0 Å². The van der Waals surface area contributed by atoms with Crippen LogP contribution < -0.4 is 10.1 Å². The second-order valence-electron chi connectivity index (χ2n) is 9.85. The standard InChI is InChI=1S/C29H38ClN3O4/c1-6-33-17-25(32-28(33)27(35)18(2)3)21-9-7-20(8-10-21)15-23(13-14-34)31-29(36)22-11-12-26(24(30)16-22)37-19(4)5/h7-12,16-19,23,27,34-35H,6,13-15H2,1-5H3,(H,31,36)/t23-,27?/m1/s1. The largest absolute Gasteiger partial charge is 0.489 e. The van der Waals surface area contributed by atoms with Crippen molar-refractivity contribution in [3.63, 3.8) is 0 Å². The summed E-state index contributed by atoms with van der Waals surface area (Å²) >= 11 is 6.30. The van der Waals surface area contributed by atoms with Crippen LogP contribution in [0.25, 0.3) is 11.3 Å². The van der Waals surface area contributed by atoms with Crippen LogP contribution in [-0.2, 0) is 13.0 Å². The van der Waals surface area contributed by atoms with E-state index in [0.717, 1.165) is 23.4 Å². The maximum atomic E-state index is 12.9. The molecule has 3 rings (SSSR count). The van der Waals surface area contributed by atoms with E-state index in [1.807, 2.05) is 69.6 Å². The van der Waals surface area contributed by atoms with Gasteiger partial charge in [0.05, 0.1) is 16.8 Å². The highest BCUT2D eigenvalue weighted by atomic mass is 35.5. The Labute approximate surface area is 224 Å². The van der Waals surface area contributed by atoms with E-state index >= 15 is 0 Å². The Bertz CT molecular complexity index is 1170. The zero-order valence-electron chi connectivity index (χ0n) is 22.2. The van der Waals surface area contributed by atoms with Gasteiger partial charge in [0.15, 0.2) is 0 Å². The van der Waals surface area contributed by atoms with Crippen LogP contribution >= 0.6 is 11.6 Å². The van der Waals surface area contributed by atoms with Crippen LogP contribution in [0.15, 0.2) is 48.7 Å². The molecule has 0 radical (unpaired) electrons. The van der Waals surface area contributed by atoms with Crippen LogP contribution in [0.5, 0.6) is 5.75 Å². The quantitative estimate of drug-likeness (QED) is 0.292. The number of aryl methyl sites for hydroxylation is 1. The van der Waals surface area contributed by atoms with Crippen LogP contribution in [0.1, 0.15) is 68.9 Å². The number of nitrogens with zero attached hydrogens (tertiary/aromatic N) is 2. The molecule has 0 aliphatic carbocycles. The Kier molecular flexibility index (Phi) is 10.1. The number of imidazole rings is 1. The highest BCUT2D eigenvalue weighted by Crippen LogP contribution is 2.28. The average molecular weight is 528 g/mol. The van der Waals surface area contributed by atoms with E-state index < -0.39 is 6.10 Å². The molecule has 1 amide bonds. The van der Waals surface area contributed by atoms with Crippen molar-refractivity contribution in [3.05, 3.63) is 70.6 Å². The number of rotatable bonds is 12. The molecule has 0 saturated carbocycles. The molecule has 1 unspecified atom stereocenters. The van der Waals surface area contributed by atoms with E-state index in [2.05, 4.69) is 5.32 Å². The lowest BCUT2D eigenvalue weighted by molar-refractivity contribution is 0.0930. The van der Waals surface area contributed by atoms with Gasteiger partial charge in [0.1, 0.15) is 17.7 Å². The zero-order valence-corrected chi connectivity index (χ0v) is 23.0. The number of carbonyl (C=O) groups excluding carboxylic acids is 1. The minimum absolute atomic E-state index is 0.0199. The summed E-state index contributed by atoms with van der Waals surface area (Å²) in [6, 6.07) is 12.7. The lowest BCUT2D eigenvalue weighted by Gasteiger charge is -2.19. The number of benzene rings is 2. The molecule has 0 saturated heterocycles. The number of aliphatic hydroxyl groups is 2. The SMILES string of the molecule is CCn1cc(-c2ccc(C[C@@H](CCO)NC(=O)c3ccc(OC(C)C)c(Cl)c3)cc2)nc1C(O)C(C)C. The highest BCUT2D eigenvalue weighted by molar-refractivity contribution is 6.32. The Morgan fingerprint density at radius 2 is 1.84 bits per heavy atom. The average Bonchev–Trinajstić information content (AvgIpc) is 3.29. The van der Waals surface area contributed by atoms with Crippen molar-refractivity contribution >= 4 is 17.5 Å². The minimum atomic E-state index is -0.621. The fourth-order valence-corrected chi connectivity index (χ4v) is 4.32. The van der Waals surface area contributed by atoms with Crippen molar-refractivity contribution in [2.45, 2.75) is 72.3 Å². The Hall–Kier alpha value is -2.87. The molecular formula is C29H38ClN3O4. The summed E-state index contributed by atoms with van der Waals surface area (Å²) in [6.45, 7) is 10.5. The second kappa shape index (κ2) is 13.1. The summed E-state index contributed by atoms with van der Waals surface area (Å²) in [5.41, 5.74) is 3.23. The third-order valence-corrected chi connectivity index (χ3v) is 6.44. The number of aromatic nitrogens is 2. The van der Waals surface area contributed by atoms with Crippen molar-refractivity contribution in [2.75, 3.05) is 6.61 Å².